The fourth-order valence-corrected chi connectivity index (χ4v) is 2.53. The van der Waals surface area contributed by atoms with Gasteiger partial charge < -0.3 is 10.2 Å². The molecule has 1 fully saturated rings. The highest BCUT2D eigenvalue weighted by Gasteiger charge is 2.17. The lowest BCUT2D eigenvalue weighted by Gasteiger charge is -2.30. The Bertz CT molecular complexity index is 231. The highest BCUT2D eigenvalue weighted by molar-refractivity contribution is 4.93. The minimum atomic E-state index is 0.651. The average Bonchev–Trinajstić information content (AvgIpc) is 2.26. The molecular weight excluding hydrogens is 208 g/mol. The third-order valence-electron chi connectivity index (χ3n) is 3.63. The minimum absolute atomic E-state index is 0.651. The second-order valence-corrected chi connectivity index (χ2v) is 5.94. The molecule has 1 heterocycles. The summed E-state index contributed by atoms with van der Waals surface area (Å²) >= 11 is 0. The molecule has 1 aliphatic rings. The van der Waals surface area contributed by atoms with Crippen LogP contribution in [0.5, 0.6) is 0 Å². The van der Waals surface area contributed by atoms with Crippen LogP contribution < -0.4 is 5.32 Å². The largest absolute Gasteiger partial charge is 0.314 e. The van der Waals surface area contributed by atoms with Gasteiger partial charge in [-0.25, -0.2) is 0 Å². The Balaban J connectivity index is 2.10. The summed E-state index contributed by atoms with van der Waals surface area (Å²) in [5, 5.41) is 3.69. The van der Waals surface area contributed by atoms with Crippen molar-refractivity contribution < 1.29 is 0 Å². The van der Waals surface area contributed by atoms with Gasteiger partial charge in [-0.3, -0.25) is 0 Å². The number of rotatable bonds is 6. The van der Waals surface area contributed by atoms with Gasteiger partial charge >= 0.3 is 0 Å². The first-order chi connectivity index (χ1) is 8.08. The van der Waals surface area contributed by atoms with Crippen LogP contribution in [0.3, 0.4) is 0 Å². The van der Waals surface area contributed by atoms with Crippen molar-refractivity contribution in [3.63, 3.8) is 0 Å². The van der Waals surface area contributed by atoms with Crippen molar-refractivity contribution in [2.24, 2.45) is 5.92 Å². The van der Waals surface area contributed by atoms with E-state index in [4.69, 9.17) is 0 Å². The molecule has 0 saturated carbocycles. The lowest BCUT2D eigenvalue weighted by atomic mass is 9.98. The van der Waals surface area contributed by atoms with E-state index in [0.29, 0.717) is 6.04 Å². The highest BCUT2D eigenvalue weighted by Crippen LogP contribution is 2.14. The first-order valence-corrected chi connectivity index (χ1v) is 7.13. The molecular formula is C15H30N2. The molecule has 17 heavy (non-hydrogen) atoms. The topological polar surface area (TPSA) is 15.3 Å². The number of hydrogen-bond donors (Lipinski definition) is 1. The Morgan fingerprint density at radius 1 is 1.47 bits per heavy atom. The van der Waals surface area contributed by atoms with Gasteiger partial charge in [0.05, 0.1) is 0 Å². The molecule has 0 aromatic carbocycles. The van der Waals surface area contributed by atoms with E-state index in [1.165, 1.54) is 50.9 Å². The summed E-state index contributed by atoms with van der Waals surface area (Å²) in [4.78, 5) is 2.46. The van der Waals surface area contributed by atoms with Crippen molar-refractivity contribution in [3.05, 3.63) is 11.6 Å². The SMILES string of the molecule is CC(C)=CCC[C@@H](C)NC[C@H]1CCCN(C)C1. The van der Waals surface area contributed by atoms with Crippen LogP contribution in [0.4, 0.5) is 0 Å². The Morgan fingerprint density at radius 2 is 2.24 bits per heavy atom. The quantitative estimate of drug-likeness (QED) is 0.716. The zero-order chi connectivity index (χ0) is 12.7. The minimum Gasteiger partial charge on any atom is -0.314 e. The average molecular weight is 238 g/mol. The Morgan fingerprint density at radius 3 is 2.88 bits per heavy atom. The smallest absolute Gasteiger partial charge is 0.00418 e. The van der Waals surface area contributed by atoms with Crippen molar-refractivity contribution in [1.29, 1.82) is 0 Å². The molecule has 0 radical (unpaired) electrons. The summed E-state index contributed by atoms with van der Waals surface area (Å²) in [7, 11) is 2.24. The van der Waals surface area contributed by atoms with Gasteiger partial charge in [-0.15, -0.1) is 0 Å². The molecule has 0 unspecified atom stereocenters. The van der Waals surface area contributed by atoms with Gasteiger partial charge in [0, 0.05) is 12.6 Å². The molecule has 0 amide bonds. The predicted molar refractivity (Wildman–Crippen MR) is 76.4 cm³/mol. The van der Waals surface area contributed by atoms with E-state index in [2.05, 4.69) is 44.1 Å². The zero-order valence-corrected chi connectivity index (χ0v) is 12.1. The number of likely N-dealkylation sites (tertiary alicyclic amines) is 1. The third-order valence-corrected chi connectivity index (χ3v) is 3.63. The molecule has 1 rings (SSSR count). The molecule has 1 aliphatic heterocycles. The maximum Gasteiger partial charge on any atom is 0.00418 e. The Kier molecular flexibility index (Phi) is 6.83. The van der Waals surface area contributed by atoms with Crippen LogP contribution in [-0.4, -0.2) is 37.6 Å². The Labute approximate surface area is 107 Å². The predicted octanol–water partition coefficient (Wildman–Crippen LogP) is 3.05. The van der Waals surface area contributed by atoms with Crippen molar-refractivity contribution in [3.8, 4) is 0 Å². The fourth-order valence-electron chi connectivity index (χ4n) is 2.53. The van der Waals surface area contributed by atoms with Crippen LogP contribution in [0.25, 0.3) is 0 Å². The van der Waals surface area contributed by atoms with Crippen LogP contribution in [0.2, 0.25) is 0 Å². The van der Waals surface area contributed by atoms with E-state index < -0.39 is 0 Å². The molecule has 2 atom stereocenters. The summed E-state index contributed by atoms with van der Waals surface area (Å²) in [6.45, 7) is 10.4. The second kappa shape index (κ2) is 7.88. The van der Waals surface area contributed by atoms with Crippen LogP contribution in [0.15, 0.2) is 11.6 Å². The van der Waals surface area contributed by atoms with E-state index in [1.807, 2.05) is 0 Å². The molecule has 0 aromatic rings. The molecule has 2 nitrogen and oxygen atoms in total. The lowest BCUT2D eigenvalue weighted by Crippen LogP contribution is -2.39. The maximum absolute atomic E-state index is 3.69. The summed E-state index contributed by atoms with van der Waals surface area (Å²) in [6.07, 6.45) is 7.58. The maximum atomic E-state index is 3.69. The summed E-state index contributed by atoms with van der Waals surface area (Å²) in [5.74, 6) is 0.861. The number of piperidine rings is 1. The van der Waals surface area contributed by atoms with Gasteiger partial charge in [0.15, 0.2) is 0 Å². The second-order valence-electron chi connectivity index (χ2n) is 5.94. The van der Waals surface area contributed by atoms with Gasteiger partial charge in [-0.2, -0.15) is 0 Å². The molecule has 1 saturated heterocycles. The van der Waals surface area contributed by atoms with E-state index in [9.17, 15) is 0 Å². The highest BCUT2D eigenvalue weighted by atomic mass is 15.1. The molecule has 100 valence electrons. The van der Waals surface area contributed by atoms with Gasteiger partial charge in [0.2, 0.25) is 0 Å². The fraction of sp³-hybridized carbons (Fsp3) is 0.867. The molecule has 2 heteroatoms. The lowest BCUT2D eigenvalue weighted by molar-refractivity contribution is 0.203. The Hall–Kier alpha value is -0.340. The molecule has 1 N–H and O–H groups in total. The number of nitrogens with one attached hydrogen (secondary N) is 1. The summed E-state index contributed by atoms with van der Waals surface area (Å²) in [5.41, 5.74) is 1.44. The van der Waals surface area contributed by atoms with Gasteiger partial charge in [-0.1, -0.05) is 11.6 Å². The van der Waals surface area contributed by atoms with Crippen molar-refractivity contribution in [2.45, 2.75) is 52.5 Å². The van der Waals surface area contributed by atoms with Crippen LogP contribution in [0.1, 0.15) is 46.5 Å². The number of allylic oxidation sites excluding steroid dienone is 2. The van der Waals surface area contributed by atoms with Crippen LogP contribution >= 0.6 is 0 Å². The van der Waals surface area contributed by atoms with Crippen molar-refractivity contribution >= 4 is 0 Å². The van der Waals surface area contributed by atoms with Gasteiger partial charge in [0.25, 0.3) is 0 Å². The number of nitrogens with zero attached hydrogens (tertiary/aromatic N) is 1. The van der Waals surface area contributed by atoms with E-state index in [1.54, 1.807) is 0 Å². The standard InChI is InChI=1S/C15H30N2/c1-13(2)7-5-8-14(3)16-11-15-9-6-10-17(4)12-15/h7,14-16H,5-6,8-12H2,1-4H3/t14-,15-/m1/s1. The van der Waals surface area contributed by atoms with Crippen molar-refractivity contribution in [2.75, 3.05) is 26.7 Å². The molecule has 0 bridgehead atoms. The molecule has 0 aliphatic carbocycles. The van der Waals surface area contributed by atoms with E-state index in [0.717, 1.165) is 5.92 Å². The normalized spacial score (nSPS) is 23.4. The molecule has 0 aromatic heterocycles. The molecule has 0 spiro atoms. The van der Waals surface area contributed by atoms with E-state index in [-0.39, 0.29) is 0 Å². The van der Waals surface area contributed by atoms with Crippen LogP contribution in [-0.2, 0) is 0 Å². The van der Waals surface area contributed by atoms with Crippen molar-refractivity contribution in [1.82, 2.24) is 10.2 Å². The zero-order valence-electron chi connectivity index (χ0n) is 12.1. The van der Waals surface area contributed by atoms with Crippen LogP contribution in [0, 0.1) is 5.92 Å². The van der Waals surface area contributed by atoms with E-state index >= 15 is 0 Å². The van der Waals surface area contributed by atoms with Gasteiger partial charge in [-0.05, 0) is 72.5 Å². The van der Waals surface area contributed by atoms with Gasteiger partial charge in [0.1, 0.15) is 0 Å². The number of hydrogen-bond acceptors (Lipinski definition) is 2. The summed E-state index contributed by atoms with van der Waals surface area (Å²) < 4.78 is 0. The first kappa shape index (κ1) is 14.7. The first-order valence-electron chi connectivity index (χ1n) is 7.13. The third kappa shape index (κ3) is 6.85. The monoisotopic (exact) mass is 238 g/mol. The summed E-state index contributed by atoms with van der Waals surface area (Å²) in [6, 6.07) is 0.651.